The molecule has 0 aliphatic carbocycles. The number of hydrogen-bond acceptors (Lipinski definition) is 3. The van der Waals surface area contributed by atoms with E-state index in [4.69, 9.17) is 4.74 Å². The summed E-state index contributed by atoms with van der Waals surface area (Å²) in [6.45, 7) is 0. The zero-order valence-corrected chi connectivity index (χ0v) is 13.6. The zero-order chi connectivity index (χ0) is 16.1. The first-order chi connectivity index (χ1) is 11.3. The highest BCUT2D eigenvalue weighted by Crippen LogP contribution is 2.26. The molecule has 1 aromatic heterocycles. The summed E-state index contributed by atoms with van der Waals surface area (Å²) in [5.74, 6) is 0.735. The molecule has 0 bridgehead atoms. The number of hydrogen-bond donors (Lipinski definition) is 1. The molecule has 0 aliphatic rings. The first-order valence-corrected chi connectivity index (χ1v) is 8.20. The summed E-state index contributed by atoms with van der Waals surface area (Å²) < 4.78 is 5.44. The Morgan fingerprint density at radius 2 is 1.91 bits per heavy atom. The van der Waals surface area contributed by atoms with Crippen molar-refractivity contribution in [3.05, 3.63) is 82.0 Å². The van der Waals surface area contributed by atoms with Crippen molar-refractivity contribution in [1.82, 2.24) is 0 Å². The van der Waals surface area contributed by atoms with E-state index >= 15 is 0 Å². The van der Waals surface area contributed by atoms with E-state index in [1.165, 1.54) is 16.9 Å². The molecule has 0 aliphatic heterocycles. The molecule has 3 rings (SSSR count). The molecule has 0 radical (unpaired) electrons. The molecule has 3 aromatic rings. The van der Waals surface area contributed by atoms with Crippen molar-refractivity contribution in [3.63, 3.8) is 0 Å². The number of carbonyl (C=O) groups is 1. The van der Waals surface area contributed by atoms with Gasteiger partial charge in [-0.15, -0.1) is 11.3 Å². The van der Waals surface area contributed by atoms with Crippen molar-refractivity contribution in [3.8, 4) is 5.75 Å². The molecule has 0 atom stereocenters. The summed E-state index contributed by atoms with van der Waals surface area (Å²) in [4.78, 5) is 12.9. The third kappa shape index (κ3) is 3.79. The Balaban J connectivity index is 1.82. The minimum Gasteiger partial charge on any atom is -0.496 e. The lowest BCUT2D eigenvalue weighted by molar-refractivity contribution is 0.103. The Labute approximate surface area is 139 Å². The average Bonchev–Trinajstić information content (AvgIpc) is 3.11. The molecule has 0 unspecified atom stereocenters. The van der Waals surface area contributed by atoms with E-state index in [1.807, 2.05) is 53.9 Å². The molecule has 1 heterocycles. The predicted octanol–water partition coefficient (Wildman–Crippen LogP) is 4.60. The van der Waals surface area contributed by atoms with Crippen LogP contribution < -0.4 is 10.1 Å². The first kappa shape index (κ1) is 15.3. The maximum absolute atomic E-state index is 12.2. The van der Waals surface area contributed by atoms with Crippen LogP contribution >= 0.6 is 11.3 Å². The number of methoxy groups -OCH3 is 1. The molecular weight excluding hydrogens is 306 g/mol. The summed E-state index contributed by atoms with van der Waals surface area (Å²) in [6.07, 6.45) is 0.757. The van der Waals surface area contributed by atoms with Crippen LogP contribution in [0.25, 0.3) is 0 Å². The van der Waals surface area contributed by atoms with Crippen LogP contribution in [0.4, 0.5) is 5.69 Å². The number of carbonyl (C=O) groups excluding carboxylic acids is 1. The molecule has 3 nitrogen and oxygen atoms in total. The van der Waals surface area contributed by atoms with E-state index in [9.17, 15) is 4.79 Å². The number of nitrogens with one attached hydrogen (secondary N) is 1. The molecule has 1 N–H and O–H groups in total. The number of anilines is 1. The van der Waals surface area contributed by atoms with Gasteiger partial charge in [0.1, 0.15) is 5.75 Å². The number of benzene rings is 2. The number of ether oxygens (including phenoxy) is 1. The molecule has 116 valence electrons. The smallest absolute Gasteiger partial charge is 0.265 e. The van der Waals surface area contributed by atoms with Gasteiger partial charge in [0.2, 0.25) is 0 Å². The molecule has 0 fully saturated rings. The Morgan fingerprint density at radius 3 is 2.61 bits per heavy atom. The monoisotopic (exact) mass is 323 g/mol. The molecule has 1 amide bonds. The first-order valence-electron chi connectivity index (χ1n) is 7.32. The molecule has 2 aromatic carbocycles. The largest absolute Gasteiger partial charge is 0.496 e. The van der Waals surface area contributed by atoms with Gasteiger partial charge in [-0.3, -0.25) is 4.79 Å². The van der Waals surface area contributed by atoms with Gasteiger partial charge in [0.25, 0.3) is 5.91 Å². The number of amides is 1. The van der Waals surface area contributed by atoms with Crippen molar-refractivity contribution in [2.75, 3.05) is 12.4 Å². The van der Waals surface area contributed by atoms with Gasteiger partial charge < -0.3 is 10.1 Å². The summed E-state index contributed by atoms with van der Waals surface area (Å²) in [5, 5.41) is 4.83. The van der Waals surface area contributed by atoms with Crippen LogP contribution in [0.1, 0.15) is 20.8 Å². The lowest BCUT2D eigenvalue weighted by Crippen LogP contribution is -2.10. The fourth-order valence-electron chi connectivity index (χ4n) is 2.41. The third-order valence-corrected chi connectivity index (χ3v) is 4.39. The van der Waals surface area contributed by atoms with Gasteiger partial charge in [0.15, 0.2) is 0 Å². The number of thiophene rings is 1. The van der Waals surface area contributed by atoms with Gasteiger partial charge in [0, 0.05) is 17.7 Å². The Bertz CT molecular complexity index is 782. The molecule has 4 heteroatoms. The third-order valence-electron chi connectivity index (χ3n) is 3.52. The van der Waals surface area contributed by atoms with Crippen LogP contribution in [0.15, 0.2) is 66.0 Å². The van der Waals surface area contributed by atoms with Crippen LogP contribution in [0, 0.1) is 0 Å². The summed E-state index contributed by atoms with van der Waals surface area (Å²) >= 11 is 1.43. The lowest BCUT2D eigenvalue weighted by atomic mass is 10.0. The van der Waals surface area contributed by atoms with Crippen molar-refractivity contribution < 1.29 is 9.53 Å². The van der Waals surface area contributed by atoms with Gasteiger partial charge in [0.05, 0.1) is 12.0 Å². The molecule has 0 spiro atoms. The minimum atomic E-state index is -0.0872. The van der Waals surface area contributed by atoms with E-state index in [0.717, 1.165) is 23.4 Å². The second-order valence-electron chi connectivity index (χ2n) is 5.12. The standard InChI is InChI=1S/C19H17NO2S/c1-22-17-10-9-16(20-19(21)18-8-5-11-23-18)13-15(17)12-14-6-3-2-4-7-14/h2-11,13H,12H2,1H3,(H,20,21). The average molecular weight is 323 g/mol. The minimum absolute atomic E-state index is 0.0872. The van der Waals surface area contributed by atoms with E-state index in [0.29, 0.717) is 4.88 Å². The van der Waals surface area contributed by atoms with Crippen LogP contribution in [0.3, 0.4) is 0 Å². The topological polar surface area (TPSA) is 38.3 Å². The van der Waals surface area contributed by atoms with Gasteiger partial charge >= 0.3 is 0 Å². The van der Waals surface area contributed by atoms with Crippen LogP contribution in [0.2, 0.25) is 0 Å². The van der Waals surface area contributed by atoms with Crippen molar-refractivity contribution >= 4 is 22.9 Å². The maximum Gasteiger partial charge on any atom is 0.265 e. The lowest BCUT2D eigenvalue weighted by Gasteiger charge is -2.11. The second-order valence-corrected chi connectivity index (χ2v) is 6.07. The fourth-order valence-corrected chi connectivity index (χ4v) is 3.03. The zero-order valence-electron chi connectivity index (χ0n) is 12.8. The van der Waals surface area contributed by atoms with Crippen molar-refractivity contribution in [1.29, 1.82) is 0 Å². The highest BCUT2D eigenvalue weighted by molar-refractivity contribution is 7.12. The molecule has 23 heavy (non-hydrogen) atoms. The van der Waals surface area contributed by atoms with Crippen LogP contribution in [-0.4, -0.2) is 13.0 Å². The Kier molecular flexibility index (Phi) is 4.74. The van der Waals surface area contributed by atoms with Gasteiger partial charge in [-0.05, 0) is 35.2 Å². The van der Waals surface area contributed by atoms with E-state index < -0.39 is 0 Å². The van der Waals surface area contributed by atoms with E-state index in [2.05, 4.69) is 17.4 Å². The predicted molar refractivity (Wildman–Crippen MR) is 94.5 cm³/mol. The van der Waals surface area contributed by atoms with Crippen molar-refractivity contribution in [2.45, 2.75) is 6.42 Å². The fraction of sp³-hybridized carbons (Fsp3) is 0.105. The highest BCUT2D eigenvalue weighted by Gasteiger charge is 2.10. The molecule has 0 saturated carbocycles. The number of rotatable bonds is 5. The SMILES string of the molecule is COc1ccc(NC(=O)c2cccs2)cc1Cc1ccccc1. The van der Waals surface area contributed by atoms with Crippen LogP contribution in [-0.2, 0) is 6.42 Å². The quantitative estimate of drug-likeness (QED) is 0.745. The normalized spacial score (nSPS) is 10.3. The summed E-state index contributed by atoms with van der Waals surface area (Å²) in [5.41, 5.74) is 3.02. The second kappa shape index (κ2) is 7.11. The molecule has 0 saturated heterocycles. The van der Waals surface area contributed by atoms with Gasteiger partial charge in [-0.2, -0.15) is 0 Å². The maximum atomic E-state index is 12.2. The van der Waals surface area contributed by atoms with Gasteiger partial charge in [-0.25, -0.2) is 0 Å². The van der Waals surface area contributed by atoms with Crippen LogP contribution in [0.5, 0.6) is 5.75 Å². The van der Waals surface area contributed by atoms with Gasteiger partial charge in [-0.1, -0.05) is 36.4 Å². The Morgan fingerprint density at radius 1 is 1.09 bits per heavy atom. The van der Waals surface area contributed by atoms with Crippen molar-refractivity contribution in [2.24, 2.45) is 0 Å². The van der Waals surface area contributed by atoms with E-state index in [1.54, 1.807) is 7.11 Å². The molecular formula is C19H17NO2S. The van der Waals surface area contributed by atoms with E-state index in [-0.39, 0.29) is 5.91 Å². The highest BCUT2D eigenvalue weighted by atomic mass is 32.1. The summed E-state index contributed by atoms with van der Waals surface area (Å²) in [7, 11) is 1.66. The Hall–Kier alpha value is -2.59. The summed E-state index contributed by atoms with van der Waals surface area (Å²) in [6, 6.07) is 19.6.